The average Bonchev–Trinajstić information content (AvgIpc) is 2.90. The van der Waals surface area contributed by atoms with Gasteiger partial charge >= 0.3 is 5.97 Å². The maximum atomic E-state index is 13.1. The SMILES string of the molecule is NCCSCc1ccccc1SC1=C(C(=O)O)N2C(=O)[C@@H](NC(=O)C(N=O)c3nc(N)ccc3Cl)[C@@H]2SC1. The summed E-state index contributed by atoms with van der Waals surface area (Å²) in [4.78, 5) is 56.2. The van der Waals surface area contributed by atoms with Gasteiger partial charge in [-0.1, -0.05) is 41.6 Å². The second-order valence-corrected chi connectivity index (χ2v) is 11.9. The van der Waals surface area contributed by atoms with E-state index in [4.69, 9.17) is 23.1 Å². The Hall–Kier alpha value is -2.78. The smallest absolute Gasteiger partial charge is 0.353 e. The number of aromatic nitrogens is 1. The van der Waals surface area contributed by atoms with Crippen molar-refractivity contribution in [2.45, 2.75) is 28.1 Å². The molecule has 38 heavy (non-hydrogen) atoms. The first-order chi connectivity index (χ1) is 18.3. The largest absolute Gasteiger partial charge is 0.477 e. The molecule has 1 fully saturated rings. The first kappa shape index (κ1) is 28.2. The number of nitrogens with one attached hydrogen (secondary N) is 1. The van der Waals surface area contributed by atoms with Crippen LogP contribution in [0.25, 0.3) is 0 Å². The number of pyridine rings is 1. The summed E-state index contributed by atoms with van der Waals surface area (Å²) in [6.45, 7) is 0.563. The minimum absolute atomic E-state index is 0.0204. The van der Waals surface area contributed by atoms with Crippen LogP contribution in [0.2, 0.25) is 5.02 Å². The molecule has 200 valence electrons. The number of fused-ring (bicyclic) bond motifs is 1. The molecular formula is C23H23ClN6O5S3. The number of carboxylic acids is 1. The van der Waals surface area contributed by atoms with E-state index in [9.17, 15) is 24.4 Å². The lowest BCUT2D eigenvalue weighted by atomic mass is 10.0. The number of nitrogens with zero attached hydrogens (tertiary/aromatic N) is 3. The van der Waals surface area contributed by atoms with Crippen LogP contribution in [0.15, 0.2) is 57.1 Å². The molecule has 3 heterocycles. The van der Waals surface area contributed by atoms with Gasteiger partial charge in [-0.05, 0) is 28.9 Å². The van der Waals surface area contributed by atoms with Crippen LogP contribution >= 0.6 is 46.9 Å². The van der Waals surface area contributed by atoms with Gasteiger partial charge < -0.3 is 21.9 Å². The van der Waals surface area contributed by atoms with Gasteiger partial charge in [0.05, 0.1) is 10.7 Å². The van der Waals surface area contributed by atoms with E-state index in [2.05, 4.69) is 15.5 Å². The topological polar surface area (TPSA) is 181 Å². The van der Waals surface area contributed by atoms with Crippen molar-refractivity contribution in [3.63, 3.8) is 0 Å². The molecule has 3 atom stereocenters. The van der Waals surface area contributed by atoms with Crippen LogP contribution in [0.5, 0.6) is 0 Å². The van der Waals surface area contributed by atoms with Crippen LogP contribution in [0, 0.1) is 4.91 Å². The number of halogens is 1. The lowest BCUT2D eigenvalue weighted by Gasteiger charge is -2.49. The summed E-state index contributed by atoms with van der Waals surface area (Å²) in [6.07, 6.45) is 0. The molecule has 2 aliphatic rings. The number of hydrogen-bond acceptors (Lipinski definition) is 11. The molecule has 6 N–H and O–H groups in total. The third-order valence-electron chi connectivity index (χ3n) is 5.67. The number of anilines is 1. The Morgan fingerprint density at radius 1 is 1.32 bits per heavy atom. The second kappa shape index (κ2) is 12.4. The molecule has 0 saturated carbocycles. The molecule has 0 spiro atoms. The van der Waals surface area contributed by atoms with E-state index >= 15 is 0 Å². The molecule has 0 bridgehead atoms. The van der Waals surface area contributed by atoms with Gasteiger partial charge in [-0.15, -0.1) is 16.7 Å². The minimum atomic E-state index is -1.63. The fourth-order valence-corrected chi connectivity index (χ4v) is 7.59. The quantitative estimate of drug-likeness (QED) is 0.170. The number of benzene rings is 1. The Morgan fingerprint density at radius 3 is 2.79 bits per heavy atom. The van der Waals surface area contributed by atoms with Gasteiger partial charge in [0.2, 0.25) is 6.04 Å². The summed E-state index contributed by atoms with van der Waals surface area (Å²) in [7, 11) is 0. The number of nitrogen functional groups attached to an aromatic ring is 1. The maximum absolute atomic E-state index is 13.1. The number of carbonyl (C=O) groups is 3. The number of carbonyl (C=O) groups excluding carboxylic acids is 2. The number of thioether (sulfide) groups is 3. The summed E-state index contributed by atoms with van der Waals surface area (Å²) in [5, 5.41) is 14.7. The van der Waals surface area contributed by atoms with Crippen molar-refractivity contribution in [2.24, 2.45) is 10.9 Å². The second-order valence-electron chi connectivity index (χ2n) is 8.14. The van der Waals surface area contributed by atoms with Gasteiger partial charge in [-0.3, -0.25) is 14.5 Å². The standard InChI is InChI=1S/C23H23ClN6O5S3/c24-12-5-6-15(26)27-16(12)17(29-35)20(31)28-18-21(32)30-19(23(33)34)14(10-37-22(18)30)38-13-4-2-1-3-11(13)9-36-8-7-25/h1-6,17-18,22H,7-10,25H2,(H2,26,27)(H,28,31)(H,33,34)/t17?,18-,22+/m1/s1. The zero-order valence-electron chi connectivity index (χ0n) is 19.7. The molecule has 1 saturated heterocycles. The molecular weight excluding hydrogens is 572 g/mol. The summed E-state index contributed by atoms with van der Waals surface area (Å²) in [6, 6.07) is 7.80. The van der Waals surface area contributed by atoms with Gasteiger partial charge in [0.1, 0.15) is 22.9 Å². The normalized spacial score (nSPS) is 19.4. The van der Waals surface area contributed by atoms with Crippen LogP contribution in [0.1, 0.15) is 17.3 Å². The summed E-state index contributed by atoms with van der Waals surface area (Å²) >= 11 is 10.4. The van der Waals surface area contributed by atoms with Crippen molar-refractivity contribution >= 4 is 70.5 Å². The predicted octanol–water partition coefficient (Wildman–Crippen LogP) is 2.81. The van der Waals surface area contributed by atoms with E-state index < -0.39 is 35.2 Å². The molecule has 1 aromatic heterocycles. The Morgan fingerprint density at radius 2 is 2.08 bits per heavy atom. The first-order valence-corrected chi connectivity index (χ1v) is 14.7. The van der Waals surface area contributed by atoms with E-state index in [-0.39, 0.29) is 22.2 Å². The van der Waals surface area contributed by atoms with E-state index in [1.807, 2.05) is 24.3 Å². The summed E-state index contributed by atoms with van der Waals surface area (Å²) < 4.78 is 0. The van der Waals surface area contributed by atoms with E-state index in [1.165, 1.54) is 40.6 Å². The first-order valence-electron chi connectivity index (χ1n) is 11.3. The summed E-state index contributed by atoms with van der Waals surface area (Å²) in [5.41, 5.74) is 12.0. The molecule has 2 aliphatic heterocycles. The predicted molar refractivity (Wildman–Crippen MR) is 149 cm³/mol. The Bertz CT molecular complexity index is 1310. The van der Waals surface area contributed by atoms with Crippen LogP contribution in [-0.2, 0) is 20.1 Å². The number of nitroso groups, excluding NO2 is 1. The highest BCUT2D eigenvalue weighted by Crippen LogP contribution is 2.46. The van der Waals surface area contributed by atoms with E-state index in [0.29, 0.717) is 17.2 Å². The van der Waals surface area contributed by atoms with E-state index in [1.54, 1.807) is 11.8 Å². The third kappa shape index (κ3) is 5.78. The van der Waals surface area contributed by atoms with Gasteiger partial charge in [0.15, 0.2) is 0 Å². The van der Waals surface area contributed by atoms with Gasteiger partial charge in [-0.2, -0.15) is 11.8 Å². The highest BCUT2D eigenvalue weighted by molar-refractivity contribution is 8.06. The number of aliphatic carboxylic acids is 1. The molecule has 11 nitrogen and oxygen atoms in total. The summed E-state index contributed by atoms with van der Waals surface area (Å²) in [5.74, 6) is -0.849. The number of rotatable bonds is 11. The average molecular weight is 595 g/mol. The Kier molecular flexibility index (Phi) is 9.20. The van der Waals surface area contributed by atoms with Gasteiger partial charge in [-0.25, -0.2) is 9.78 Å². The number of nitrogens with two attached hydrogens (primary N) is 2. The number of hydrogen-bond donors (Lipinski definition) is 4. The van der Waals surface area contributed by atoms with Crippen molar-refractivity contribution in [3.05, 3.63) is 68.2 Å². The fourth-order valence-electron chi connectivity index (χ4n) is 3.91. The number of carboxylic acid groups (broad SMARTS) is 1. The van der Waals surface area contributed by atoms with Gasteiger partial charge in [0, 0.05) is 33.6 Å². The van der Waals surface area contributed by atoms with E-state index in [0.717, 1.165) is 22.0 Å². The Labute approximate surface area is 235 Å². The zero-order valence-corrected chi connectivity index (χ0v) is 22.9. The van der Waals surface area contributed by atoms with Gasteiger partial charge in [0.25, 0.3) is 11.8 Å². The monoisotopic (exact) mass is 594 g/mol. The lowest BCUT2D eigenvalue weighted by molar-refractivity contribution is -0.150. The highest BCUT2D eigenvalue weighted by atomic mass is 35.5. The molecule has 1 unspecified atom stereocenters. The van der Waals surface area contributed by atoms with Crippen LogP contribution < -0.4 is 16.8 Å². The molecule has 4 rings (SSSR count). The molecule has 0 aliphatic carbocycles. The van der Waals surface area contributed by atoms with Crippen molar-refractivity contribution in [1.29, 1.82) is 0 Å². The fraction of sp³-hybridized carbons (Fsp3) is 0.304. The maximum Gasteiger partial charge on any atom is 0.353 e. The Balaban J connectivity index is 1.52. The molecule has 1 aromatic carbocycles. The van der Waals surface area contributed by atoms with Crippen LogP contribution in [-0.4, -0.2) is 62.2 Å². The van der Waals surface area contributed by atoms with Crippen LogP contribution in [0.3, 0.4) is 0 Å². The molecule has 2 aromatic rings. The molecule has 2 amide bonds. The third-order valence-corrected chi connectivity index (χ3v) is 9.69. The number of amides is 2. The van der Waals surface area contributed by atoms with Crippen molar-refractivity contribution in [1.82, 2.24) is 15.2 Å². The molecule has 15 heteroatoms. The highest BCUT2D eigenvalue weighted by Gasteiger charge is 2.55. The van der Waals surface area contributed by atoms with Crippen molar-refractivity contribution in [3.8, 4) is 0 Å². The lowest BCUT2D eigenvalue weighted by Crippen LogP contribution is -2.70. The molecule has 0 radical (unpaired) electrons. The van der Waals surface area contributed by atoms with Crippen molar-refractivity contribution in [2.75, 3.05) is 23.8 Å². The minimum Gasteiger partial charge on any atom is -0.477 e. The van der Waals surface area contributed by atoms with Crippen LogP contribution in [0.4, 0.5) is 5.82 Å². The van der Waals surface area contributed by atoms with Crippen molar-refractivity contribution < 1.29 is 19.5 Å². The number of β-lactam (4-membered cyclic amide) rings is 1. The zero-order chi connectivity index (χ0) is 27.4.